The molecule has 1 aromatic carbocycles. The van der Waals surface area contributed by atoms with E-state index in [4.69, 9.17) is 20.3 Å². The summed E-state index contributed by atoms with van der Waals surface area (Å²) in [6.07, 6.45) is 4.48. The summed E-state index contributed by atoms with van der Waals surface area (Å²) in [7, 11) is 0. The summed E-state index contributed by atoms with van der Waals surface area (Å²) < 4.78 is 10.9. The van der Waals surface area contributed by atoms with Gasteiger partial charge in [-0.2, -0.15) is 0 Å². The number of aliphatic hydroxyl groups is 1. The molecule has 0 aromatic heterocycles. The van der Waals surface area contributed by atoms with E-state index in [1.165, 1.54) is 0 Å². The minimum Gasteiger partial charge on any atom is -0.516 e. The van der Waals surface area contributed by atoms with Crippen LogP contribution in [0.1, 0.15) is 6.92 Å². The van der Waals surface area contributed by atoms with Crippen LogP contribution in [0.5, 0.6) is 11.5 Å². The van der Waals surface area contributed by atoms with Gasteiger partial charge in [-0.3, -0.25) is 0 Å². The predicted octanol–water partition coefficient (Wildman–Crippen LogP) is 2.42. The van der Waals surface area contributed by atoms with Gasteiger partial charge >= 0.3 is 0 Å². The third kappa shape index (κ3) is 5.41. The molecule has 0 bridgehead atoms. The highest BCUT2D eigenvalue weighted by atomic mass is 16.5. The number of benzene rings is 1. The molecule has 0 aliphatic heterocycles. The molecule has 3 N–H and O–H groups in total. The highest BCUT2D eigenvalue weighted by Crippen LogP contribution is 2.19. The second-order valence-corrected chi connectivity index (χ2v) is 3.69. The van der Waals surface area contributed by atoms with Crippen molar-refractivity contribution < 1.29 is 14.6 Å². The Balaban J connectivity index is 2.49. The van der Waals surface area contributed by atoms with Crippen LogP contribution >= 0.6 is 0 Å². The van der Waals surface area contributed by atoms with Crippen molar-refractivity contribution in [2.45, 2.75) is 6.92 Å². The predicted molar refractivity (Wildman–Crippen MR) is 72.0 cm³/mol. The summed E-state index contributed by atoms with van der Waals surface area (Å²) in [5.74, 6) is 1.48. The molecule has 0 saturated carbocycles. The van der Waals surface area contributed by atoms with E-state index in [0.29, 0.717) is 19.8 Å². The molecule has 0 radical (unpaired) electrons. The van der Waals surface area contributed by atoms with Crippen LogP contribution in [0, 0.1) is 0 Å². The quantitative estimate of drug-likeness (QED) is 0.575. The van der Waals surface area contributed by atoms with Crippen molar-refractivity contribution in [2.75, 3.05) is 19.8 Å². The van der Waals surface area contributed by atoms with E-state index in [1.807, 2.05) is 37.3 Å². The number of nitrogens with two attached hydrogens (primary N) is 1. The molecule has 4 nitrogen and oxygen atoms in total. The normalized spacial score (nSPS) is 11.8. The molecule has 1 rings (SSSR count). The molecular formula is C14H19NO3. The molecule has 0 saturated heterocycles. The lowest BCUT2D eigenvalue weighted by Crippen LogP contribution is -2.10. The van der Waals surface area contributed by atoms with Gasteiger partial charge in [0.05, 0.1) is 6.26 Å². The lowest BCUT2D eigenvalue weighted by Gasteiger charge is -2.07. The van der Waals surface area contributed by atoms with E-state index >= 15 is 0 Å². The van der Waals surface area contributed by atoms with Crippen molar-refractivity contribution >= 4 is 0 Å². The number of hydrogen-bond donors (Lipinski definition) is 2. The maximum absolute atomic E-state index is 8.58. The van der Waals surface area contributed by atoms with Gasteiger partial charge in [-0.25, -0.2) is 0 Å². The Morgan fingerprint density at radius 1 is 1.33 bits per heavy atom. The summed E-state index contributed by atoms with van der Waals surface area (Å²) in [4.78, 5) is 0. The van der Waals surface area contributed by atoms with E-state index in [9.17, 15) is 0 Å². The van der Waals surface area contributed by atoms with Gasteiger partial charge in [0.2, 0.25) is 0 Å². The Bertz CT molecular complexity index is 413. The standard InChI is InChI=1S/C14H19NO3/c1-12(5-8-16)6-9-17-13-3-2-4-14(11-13)18-10-7-15/h2-6,8,11,16H,7,9-10,15H2,1H3/b8-5+,12-6+. The fourth-order valence-electron chi connectivity index (χ4n) is 1.29. The van der Waals surface area contributed by atoms with Crippen LogP contribution in [0.25, 0.3) is 0 Å². The van der Waals surface area contributed by atoms with Crippen LogP contribution in [0.15, 0.2) is 48.3 Å². The van der Waals surface area contributed by atoms with E-state index in [1.54, 1.807) is 6.08 Å². The van der Waals surface area contributed by atoms with Crippen LogP contribution in [-0.2, 0) is 0 Å². The van der Waals surface area contributed by atoms with Gasteiger partial charge in [-0.05, 0) is 36.8 Å². The molecule has 0 unspecified atom stereocenters. The molecule has 0 spiro atoms. The van der Waals surface area contributed by atoms with Crippen molar-refractivity contribution in [2.24, 2.45) is 5.73 Å². The molecule has 0 aliphatic carbocycles. The fourth-order valence-corrected chi connectivity index (χ4v) is 1.29. The molecule has 98 valence electrons. The maximum Gasteiger partial charge on any atom is 0.123 e. The lowest BCUT2D eigenvalue weighted by atomic mass is 10.3. The molecule has 0 heterocycles. The SMILES string of the molecule is CC(/C=C/O)=C\COc1cccc(OCCN)c1. The van der Waals surface area contributed by atoms with Crippen molar-refractivity contribution in [3.8, 4) is 11.5 Å². The summed E-state index contributed by atoms with van der Waals surface area (Å²) in [5, 5.41) is 8.58. The fraction of sp³-hybridized carbons (Fsp3) is 0.286. The Hall–Kier alpha value is -1.94. The van der Waals surface area contributed by atoms with E-state index < -0.39 is 0 Å². The Kier molecular flexibility index (Phi) is 6.43. The van der Waals surface area contributed by atoms with Gasteiger partial charge in [-0.1, -0.05) is 6.07 Å². The van der Waals surface area contributed by atoms with Crippen LogP contribution < -0.4 is 15.2 Å². The third-order valence-electron chi connectivity index (χ3n) is 2.18. The molecule has 0 aliphatic rings. The average molecular weight is 249 g/mol. The second-order valence-electron chi connectivity index (χ2n) is 3.69. The van der Waals surface area contributed by atoms with Gasteiger partial charge in [0, 0.05) is 12.6 Å². The molecule has 18 heavy (non-hydrogen) atoms. The highest BCUT2D eigenvalue weighted by molar-refractivity contribution is 5.33. The van der Waals surface area contributed by atoms with Gasteiger partial charge in [-0.15, -0.1) is 0 Å². The molecule has 0 amide bonds. The van der Waals surface area contributed by atoms with Crippen LogP contribution in [-0.4, -0.2) is 24.9 Å². The van der Waals surface area contributed by atoms with Crippen LogP contribution in [0.4, 0.5) is 0 Å². The third-order valence-corrected chi connectivity index (χ3v) is 2.18. The molecular weight excluding hydrogens is 230 g/mol. The van der Waals surface area contributed by atoms with Crippen molar-refractivity contribution in [3.05, 3.63) is 48.3 Å². The van der Waals surface area contributed by atoms with Crippen LogP contribution in [0.3, 0.4) is 0 Å². The van der Waals surface area contributed by atoms with Crippen molar-refractivity contribution in [1.29, 1.82) is 0 Å². The van der Waals surface area contributed by atoms with Crippen molar-refractivity contribution in [3.63, 3.8) is 0 Å². The summed E-state index contributed by atoms with van der Waals surface area (Å²) >= 11 is 0. The van der Waals surface area contributed by atoms with Gasteiger partial charge in [0.1, 0.15) is 24.7 Å². The largest absolute Gasteiger partial charge is 0.516 e. The number of aliphatic hydroxyl groups excluding tert-OH is 1. The first-order chi connectivity index (χ1) is 8.76. The number of rotatable bonds is 7. The first kappa shape index (κ1) is 14.1. The Morgan fingerprint density at radius 2 is 2.06 bits per heavy atom. The monoisotopic (exact) mass is 249 g/mol. The second kappa shape index (κ2) is 8.20. The number of ether oxygens (including phenoxy) is 2. The molecule has 0 atom stereocenters. The maximum atomic E-state index is 8.58. The molecule has 4 heteroatoms. The molecule has 0 fully saturated rings. The Morgan fingerprint density at radius 3 is 2.72 bits per heavy atom. The van der Waals surface area contributed by atoms with E-state index in [2.05, 4.69) is 0 Å². The highest BCUT2D eigenvalue weighted by Gasteiger charge is 1.96. The summed E-state index contributed by atoms with van der Waals surface area (Å²) in [6, 6.07) is 7.41. The first-order valence-electron chi connectivity index (χ1n) is 5.79. The smallest absolute Gasteiger partial charge is 0.123 e. The summed E-state index contributed by atoms with van der Waals surface area (Å²) in [6.45, 7) is 3.30. The van der Waals surface area contributed by atoms with Gasteiger partial charge < -0.3 is 20.3 Å². The zero-order chi connectivity index (χ0) is 13.2. The first-order valence-corrected chi connectivity index (χ1v) is 5.79. The topological polar surface area (TPSA) is 64.7 Å². The molecule has 1 aromatic rings. The number of hydrogen-bond acceptors (Lipinski definition) is 4. The minimum atomic E-state index is 0.441. The van der Waals surface area contributed by atoms with Crippen LogP contribution in [0.2, 0.25) is 0 Å². The summed E-state index contributed by atoms with van der Waals surface area (Å²) in [5.41, 5.74) is 6.30. The minimum absolute atomic E-state index is 0.441. The zero-order valence-electron chi connectivity index (χ0n) is 10.5. The number of allylic oxidation sites excluding steroid dienone is 2. The van der Waals surface area contributed by atoms with E-state index in [0.717, 1.165) is 23.3 Å². The van der Waals surface area contributed by atoms with Gasteiger partial charge in [0.25, 0.3) is 0 Å². The van der Waals surface area contributed by atoms with E-state index in [-0.39, 0.29) is 0 Å². The van der Waals surface area contributed by atoms with Gasteiger partial charge in [0.15, 0.2) is 0 Å². The zero-order valence-corrected chi connectivity index (χ0v) is 10.5. The van der Waals surface area contributed by atoms with Crippen molar-refractivity contribution in [1.82, 2.24) is 0 Å². The Labute approximate surface area is 107 Å². The average Bonchev–Trinajstić information content (AvgIpc) is 2.37. The lowest BCUT2D eigenvalue weighted by molar-refractivity contribution is 0.321.